The van der Waals surface area contributed by atoms with Crippen molar-refractivity contribution in [3.8, 4) is 0 Å². The summed E-state index contributed by atoms with van der Waals surface area (Å²) in [6.07, 6.45) is 2.20. The number of nitrogens with zero attached hydrogens (tertiary/aromatic N) is 1. The van der Waals surface area contributed by atoms with Crippen molar-refractivity contribution >= 4 is 5.69 Å². The average Bonchev–Trinajstić information content (AvgIpc) is 2.29. The van der Waals surface area contributed by atoms with Gasteiger partial charge in [0.1, 0.15) is 0 Å². The van der Waals surface area contributed by atoms with Gasteiger partial charge < -0.3 is 10.6 Å². The van der Waals surface area contributed by atoms with Crippen LogP contribution in [0.3, 0.4) is 0 Å². The molecule has 0 amide bonds. The van der Waals surface area contributed by atoms with E-state index in [1.54, 1.807) is 0 Å². The van der Waals surface area contributed by atoms with Crippen LogP contribution in [0.5, 0.6) is 0 Å². The molecule has 2 N–H and O–H groups in total. The number of aryl methyl sites for hydroxylation is 1. The van der Waals surface area contributed by atoms with Crippen LogP contribution in [0.1, 0.15) is 25.8 Å². The standard InChI is InChI=1S/C14H24N2/c1-4-13-5-7-14(8-6-13)16(3)11-12(2)9-10-15/h5-8,12H,4,9-11,15H2,1-3H3. The highest BCUT2D eigenvalue weighted by atomic mass is 15.1. The van der Waals surface area contributed by atoms with Gasteiger partial charge in [-0.1, -0.05) is 26.0 Å². The number of hydrogen-bond donors (Lipinski definition) is 1. The van der Waals surface area contributed by atoms with E-state index in [4.69, 9.17) is 5.73 Å². The molecule has 16 heavy (non-hydrogen) atoms. The highest BCUT2D eigenvalue weighted by molar-refractivity contribution is 5.46. The average molecular weight is 220 g/mol. The fourth-order valence-electron chi connectivity index (χ4n) is 1.93. The summed E-state index contributed by atoms with van der Waals surface area (Å²) in [5.41, 5.74) is 8.25. The Balaban J connectivity index is 2.55. The second-order valence-corrected chi connectivity index (χ2v) is 4.58. The fraction of sp³-hybridized carbons (Fsp3) is 0.571. The number of hydrogen-bond acceptors (Lipinski definition) is 2. The van der Waals surface area contributed by atoms with Crippen molar-refractivity contribution in [1.82, 2.24) is 0 Å². The van der Waals surface area contributed by atoms with Gasteiger partial charge in [-0.25, -0.2) is 0 Å². The van der Waals surface area contributed by atoms with Crippen molar-refractivity contribution < 1.29 is 0 Å². The number of benzene rings is 1. The van der Waals surface area contributed by atoms with E-state index in [2.05, 4.69) is 50.1 Å². The zero-order valence-electron chi connectivity index (χ0n) is 10.7. The molecular formula is C14H24N2. The molecule has 1 unspecified atom stereocenters. The van der Waals surface area contributed by atoms with Crippen LogP contribution in [0.25, 0.3) is 0 Å². The quantitative estimate of drug-likeness (QED) is 0.798. The summed E-state index contributed by atoms with van der Waals surface area (Å²) < 4.78 is 0. The lowest BCUT2D eigenvalue weighted by Gasteiger charge is -2.23. The molecule has 0 saturated carbocycles. The Hall–Kier alpha value is -1.02. The monoisotopic (exact) mass is 220 g/mol. The predicted octanol–water partition coefficient (Wildman–Crippen LogP) is 2.67. The van der Waals surface area contributed by atoms with E-state index in [1.165, 1.54) is 11.3 Å². The first-order chi connectivity index (χ1) is 7.67. The van der Waals surface area contributed by atoms with Crippen LogP contribution in [0.15, 0.2) is 24.3 Å². The topological polar surface area (TPSA) is 29.3 Å². The third-order valence-electron chi connectivity index (χ3n) is 3.03. The minimum atomic E-state index is 0.654. The molecule has 1 aromatic carbocycles. The lowest BCUT2D eigenvalue weighted by atomic mass is 10.1. The molecule has 1 aromatic rings. The highest BCUT2D eigenvalue weighted by Gasteiger charge is 2.06. The molecule has 0 aliphatic heterocycles. The Morgan fingerprint density at radius 2 is 1.88 bits per heavy atom. The predicted molar refractivity (Wildman–Crippen MR) is 71.9 cm³/mol. The zero-order chi connectivity index (χ0) is 12.0. The summed E-state index contributed by atoms with van der Waals surface area (Å²) in [5, 5.41) is 0. The first kappa shape index (κ1) is 13.0. The molecule has 0 spiro atoms. The Morgan fingerprint density at radius 3 is 2.38 bits per heavy atom. The molecule has 2 nitrogen and oxygen atoms in total. The Kier molecular flexibility index (Phi) is 5.33. The van der Waals surface area contributed by atoms with Gasteiger partial charge in [0, 0.05) is 19.3 Å². The molecule has 0 heterocycles. The van der Waals surface area contributed by atoms with Crippen LogP contribution in [0.4, 0.5) is 5.69 Å². The lowest BCUT2D eigenvalue weighted by Crippen LogP contribution is -2.25. The van der Waals surface area contributed by atoms with Gasteiger partial charge in [0.05, 0.1) is 0 Å². The fourth-order valence-corrected chi connectivity index (χ4v) is 1.93. The maximum Gasteiger partial charge on any atom is 0.0363 e. The van der Waals surface area contributed by atoms with E-state index in [0.717, 1.165) is 25.9 Å². The van der Waals surface area contributed by atoms with E-state index in [0.29, 0.717) is 5.92 Å². The SMILES string of the molecule is CCc1ccc(N(C)CC(C)CCN)cc1. The van der Waals surface area contributed by atoms with Gasteiger partial charge in [-0.2, -0.15) is 0 Å². The van der Waals surface area contributed by atoms with Crippen molar-refractivity contribution in [2.24, 2.45) is 11.7 Å². The van der Waals surface area contributed by atoms with Crippen LogP contribution in [-0.4, -0.2) is 20.1 Å². The van der Waals surface area contributed by atoms with E-state index in [-0.39, 0.29) is 0 Å². The molecule has 1 atom stereocenters. The number of rotatable bonds is 6. The summed E-state index contributed by atoms with van der Waals surface area (Å²) in [6, 6.07) is 8.82. The minimum absolute atomic E-state index is 0.654. The summed E-state index contributed by atoms with van der Waals surface area (Å²) in [4.78, 5) is 2.31. The van der Waals surface area contributed by atoms with Crippen molar-refractivity contribution in [2.75, 3.05) is 25.0 Å². The smallest absolute Gasteiger partial charge is 0.0363 e. The van der Waals surface area contributed by atoms with Crippen LogP contribution < -0.4 is 10.6 Å². The van der Waals surface area contributed by atoms with E-state index < -0.39 is 0 Å². The molecule has 0 bridgehead atoms. The van der Waals surface area contributed by atoms with Gasteiger partial charge in [0.2, 0.25) is 0 Å². The van der Waals surface area contributed by atoms with E-state index >= 15 is 0 Å². The summed E-state index contributed by atoms with van der Waals surface area (Å²) in [5.74, 6) is 0.654. The first-order valence-corrected chi connectivity index (χ1v) is 6.17. The molecule has 0 aliphatic carbocycles. The molecule has 2 heteroatoms. The molecular weight excluding hydrogens is 196 g/mol. The van der Waals surface area contributed by atoms with Gasteiger partial charge in [0.15, 0.2) is 0 Å². The van der Waals surface area contributed by atoms with Gasteiger partial charge in [-0.15, -0.1) is 0 Å². The molecule has 0 fully saturated rings. The normalized spacial score (nSPS) is 12.5. The molecule has 0 radical (unpaired) electrons. The molecule has 1 rings (SSSR count). The molecule has 0 aliphatic rings. The van der Waals surface area contributed by atoms with Crippen molar-refractivity contribution in [3.05, 3.63) is 29.8 Å². The highest BCUT2D eigenvalue weighted by Crippen LogP contribution is 2.16. The van der Waals surface area contributed by atoms with Crippen LogP contribution >= 0.6 is 0 Å². The second-order valence-electron chi connectivity index (χ2n) is 4.58. The van der Waals surface area contributed by atoms with Gasteiger partial charge in [-0.05, 0) is 43.0 Å². The summed E-state index contributed by atoms with van der Waals surface area (Å²) in [6.45, 7) is 6.29. The van der Waals surface area contributed by atoms with Crippen molar-refractivity contribution in [3.63, 3.8) is 0 Å². The lowest BCUT2D eigenvalue weighted by molar-refractivity contribution is 0.539. The van der Waals surface area contributed by atoms with Crippen molar-refractivity contribution in [2.45, 2.75) is 26.7 Å². The Morgan fingerprint density at radius 1 is 1.25 bits per heavy atom. The van der Waals surface area contributed by atoms with Gasteiger partial charge in [0.25, 0.3) is 0 Å². The second kappa shape index (κ2) is 6.54. The third kappa shape index (κ3) is 3.86. The van der Waals surface area contributed by atoms with Crippen molar-refractivity contribution in [1.29, 1.82) is 0 Å². The van der Waals surface area contributed by atoms with Gasteiger partial charge >= 0.3 is 0 Å². The first-order valence-electron chi connectivity index (χ1n) is 6.17. The number of anilines is 1. The van der Waals surface area contributed by atoms with Crippen LogP contribution in [0, 0.1) is 5.92 Å². The largest absolute Gasteiger partial charge is 0.374 e. The van der Waals surface area contributed by atoms with Gasteiger partial charge in [-0.3, -0.25) is 0 Å². The molecule has 90 valence electrons. The van der Waals surface area contributed by atoms with E-state index in [9.17, 15) is 0 Å². The minimum Gasteiger partial charge on any atom is -0.374 e. The Bertz CT molecular complexity index is 292. The third-order valence-corrected chi connectivity index (χ3v) is 3.03. The maximum atomic E-state index is 5.56. The molecule has 0 saturated heterocycles. The summed E-state index contributed by atoms with van der Waals surface area (Å²) >= 11 is 0. The maximum absolute atomic E-state index is 5.56. The number of nitrogens with two attached hydrogens (primary N) is 1. The molecule has 0 aromatic heterocycles. The summed E-state index contributed by atoms with van der Waals surface area (Å²) in [7, 11) is 2.15. The van der Waals surface area contributed by atoms with E-state index in [1.807, 2.05) is 0 Å². The van der Waals surface area contributed by atoms with Crippen LogP contribution in [-0.2, 0) is 6.42 Å². The van der Waals surface area contributed by atoms with Crippen LogP contribution in [0.2, 0.25) is 0 Å². The zero-order valence-corrected chi connectivity index (χ0v) is 10.7. The Labute approximate surface area is 99.5 Å².